The fourth-order valence-corrected chi connectivity index (χ4v) is 5.31. The Bertz CT molecular complexity index is 1670. The van der Waals surface area contributed by atoms with E-state index in [0.29, 0.717) is 30.0 Å². The van der Waals surface area contributed by atoms with Gasteiger partial charge in [-0.15, -0.1) is 0 Å². The minimum Gasteiger partial charge on any atom is -0.375 e. The molecule has 1 aliphatic rings. The van der Waals surface area contributed by atoms with E-state index in [-0.39, 0.29) is 23.1 Å². The Morgan fingerprint density at radius 1 is 1.24 bits per heavy atom. The topological polar surface area (TPSA) is 113 Å². The first-order valence-corrected chi connectivity index (χ1v) is 12.4. The van der Waals surface area contributed by atoms with Gasteiger partial charge in [-0.2, -0.15) is 5.10 Å². The summed E-state index contributed by atoms with van der Waals surface area (Å²) in [6.45, 7) is 4.60. The molecule has 1 aliphatic heterocycles. The molecular formula is C28H27FN6O2. The highest BCUT2D eigenvalue weighted by atomic mass is 19.1. The second-order valence-corrected chi connectivity index (χ2v) is 9.46. The fraction of sp³-hybridized carbons (Fsp3) is 0.250. The molecule has 8 nitrogen and oxygen atoms in total. The minimum absolute atomic E-state index is 0.127. The van der Waals surface area contributed by atoms with Crippen LogP contribution in [0.3, 0.4) is 0 Å². The van der Waals surface area contributed by atoms with E-state index in [4.69, 9.17) is 5.73 Å². The normalized spacial score (nSPS) is 16.4. The summed E-state index contributed by atoms with van der Waals surface area (Å²) >= 11 is 0. The van der Waals surface area contributed by atoms with Gasteiger partial charge < -0.3 is 20.7 Å². The van der Waals surface area contributed by atoms with Crippen LogP contribution in [-0.2, 0) is 12.8 Å². The molecule has 4 heterocycles. The van der Waals surface area contributed by atoms with E-state index >= 15 is 0 Å². The second-order valence-electron chi connectivity index (χ2n) is 9.46. The molecule has 0 saturated heterocycles. The Morgan fingerprint density at radius 3 is 2.81 bits per heavy atom. The number of amides is 1. The van der Waals surface area contributed by atoms with Gasteiger partial charge >= 0.3 is 0 Å². The number of carbonyl (C=O) groups excluding carboxylic acids is 1. The number of aromatic nitrogens is 4. The van der Waals surface area contributed by atoms with Crippen molar-refractivity contribution in [2.24, 2.45) is 5.73 Å². The SMILES string of the molecule is CCc1cc(C(=O)N2CCc3c([nH]c4ccccc34)C2C)nc2cc(-c3ccc(C(N)O)cc3F)nn12. The Kier molecular flexibility index (Phi) is 5.54. The zero-order valence-electron chi connectivity index (χ0n) is 20.6. The first-order valence-electron chi connectivity index (χ1n) is 12.4. The number of rotatable bonds is 4. The maximum absolute atomic E-state index is 14.8. The number of para-hydroxylation sites is 1. The number of halogens is 1. The Hall–Kier alpha value is -4.08. The number of carbonyl (C=O) groups is 1. The smallest absolute Gasteiger partial charge is 0.273 e. The summed E-state index contributed by atoms with van der Waals surface area (Å²) in [5.41, 5.74) is 11.4. The molecule has 0 radical (unpaired) electrons. The van der Waals surface area contributed by atoms with Crippen LogP contribution in [0.5, 0.6) is 0 Å². The number of hydrogen-bond donors (Lipinski definition) is 3. The van der Waals surface area contributed by atoms with Gasteiger partial charge in [-0.1, -0.05) is 31.2 Å². The zero-order valence-corrected chi connectivity index (χ0v) is 20.6. The van der Waals surface area contributed by atoms with Crippen molar-refractivity contribution in [1.29, 1.82) is 0 Å². The van der Waals surface area contributed by atoms with E-state index in [0.717, 1.165) is 23.3 Å². The molecule has 0 bridgehead atoms. The number of aryl methyl sites for hydroxylation is 1. The first-order chi connectivity index (χ1) is 17.9. The van der Waals surface area contributed by atoms with E-state index in [9.17, 15) is 14.3 Å². The molecule has 2 aromatic carbocycles. The maximum atomic E-state index is 14.8. The number of hydrogen-bond acceptors (Lipinski definition) is 5. The van der Waals surface area contributed by atoms with Gasteiger partial charge in [0, 0.05) is 40.5 Å². The van der Waals surface area contributed by atoms with Crippen LogP contribution in [0.1, 0.15) is 59.1 Å². The van der Waals surface area contributed by atoms with Crippen molar-refractivity contribution in [3.63, 3.8) is 0 Å². The molecule has 4 N–H and O–H groups in total. The van der Waals surface area contributed by atoms with E-state index in [1.165, 1.54) is 23.1 Å². The third kappa shape index (κ3) is 3.78. The molecule has 5 aromatic rings. The van der Waals surface area contributed by atoms with Gasteiger partial charge in [-0.3, -0.25) is 4.79 Å². The number of nitrogens with two attached hydrogens (primary N) is 1. The number of nitrogens with one attached hydrogen (secondary N) is 1. The molecule has 9 heteroatoms. The van der Waals surface area contributed by atoms with Crippen LogP contribution < -0.4 is 5.73 Å². The van der Waals surface area contributed by atoms with Crippen molar-refractivity contribution in [2.45, 2.75) is 39.0 Å². The molecule has 0 spiro atoms. The molecule has 37 heavy (non-hydrogen) atoms. The van der Waals surface area contributed by atoms with Crippen LogP contribution in [0.15, 0.2) is 54.6 Å². The summed E-state index contributed by atoms with van der Waals surface area (Å²) in [6.07, 6.45) is 0.120. The monoisotopic (exact) mass is 498 g/mol. The summed E-state index contributed by atoms with van der Waals surface area (Å²) in [7, 11) is 0. The Labute approximate surface area is 212 Å². The molecule has 188 valence electrons. The van der Waals surface area contributed by atoms with Crippen molar-refractivity contribution in [3.05, 3.63) is 88.6 Å². The lowest BCUT2D eigenvalue weighted by Gasteiger charge is -2.33. The molecule has 0 aliphatic carbocycles. The lowest BCUT2D eigenvalue weighted by molar-refractivity contribution is 0.0668. The van der Waals surface area contributed by atoms with Gasteiger partial charge in [0.25, 0.3) is 5.91 Å². The first kappa shape index (κ1) is 23.3. The standard InChI is InChI=1S/C28H27FN6O2/c1-3-17-13-24(28(37)34-11-10-19-18-6-4-5-7-22(18)32-26(19)15(34)2)31-25-14-23(33-35(17)25)20-9-8-16(27(30)36)12-21(20)29/h4-9,12-15,27,32,36H,3,10-11,30H2,1-2H3. The summed E-state index contributed by atoms with van der Waals surface area (Å²) < 4.78 is 16.4. The second kappa shape index (κ2) is 8.79. The lowest BCUT2D eigenvalue weighted by atomic mass is 9.98. The van der Waals surface area contributed by atoms with Crippen LogP contribution in [0.25, 0.3) is 27.8 Å². The van der Waals surface area contributed by atoms with Crippen molar-refractivity contribution < 1.29 is 14.3 Å². The molecule has 2 atom stereocenters. The van der Waals surface area contributed by atoms with Gasteiger partial charge in [0.05, 0.1) is 11.7 Å². The van der Waals surface area contributed by atoms with Crippen LogP contribution in [0.2, 0.25) is 0 Å². The van der Waals surface area contributed by atoms with Crippen LogP contribution >= 0.6 is 0 Å². The van der Waals surface area contributed by atoms with Crippen molar-refractivity contribution in [1.82, 2.24) is 24.5 Å². The average molecular weight is 499 g/mol. The van der Waals surface area contributed by atoms with Crippen molar-refractivity contribution in [2.75, 3.05) is 6.54 Å². The van der Waals surface area contributed by atoms with Gasteiger partial charge in [0.1, 0.15) is 17.7 Å². The number of aliphatic hydroxyl groups excluding tert-OH is 1. The number of nitrogens with zero attached hydrogens (tertiary/aromatic N) is 4. The highest BCUT2D eigenvalue weighted by molar-refractivity contribution is 5.94. The number of aliphatic hydroxyl groups is 1. The Balaban J connectivity index is 1.36. The van der Waals surface area contributed by atoms with Crippen molar-refractivity contribution in [3.8, 4) is 11.3 Å². The van der Waals surface area contributed by atoms with E-state index < -0.39 is 12.0 Å². The molecule has 2 unspecified atom stereocenters. The summed E-state index contributed by atoms with van der Waals surface area (Å²) in [6, 6.07) is 15.8. The molecule has 6 rings (SSSR count). The van der Waals surface area contributed by atoms with E-state index in [1.54, 1.807) is 22.7 Å². The average Bonchev–Trinajstić information content (AvgIpc) is 3.50. The number of H-pyrrole nitrogens is 1. The predicted octanol–water partition coefficient (Wildman–Crippen LogP) is 4.29. The summed E-state index contributed by atoms with van der Waals surface area (Å²) in [4.78, 5) is 23.7. The summed E-state index contributed by atoms with van der Waals surface area (Å²) in [5, 5.41) is 15.3. The maximum Gasteiger partial charge on any atom is 0.273 e. The van der Waals surface area contributed by atoms with Crippen LogP contribution in [0.4, 0.5) is 4.39 Å². The van der Waals surface area contributed by atoms with Crippen molar-refractivity contribution >= 4 is 22.5 Å². The lowest BCUT2D eigenvalue weighted by Crippen LogP contribution is -2.39. The van der Waals surface area contributed by atoms with Gasteiger partial charge in [0.2, 0.25) is 0 Å². The van der Waals surface area contributed by atoms with E-state index in [1.807, 2.05) is 30.9 Å². The summed E-state index contributed by atoms with van der Waals surface area (Å²) in [5.74, 6) is -0.694. The third-order valence-corrected chi connectivity index (χ3v) is 7.29. The third-order valence-electron chi connectivity index (χ3n) is 7.29. The molecule has 0 fully saturated rings. The van der Waals surface area contributed by atoms with Gasteiger partial charge in [-0.25, -0.2) is 13.9 Å². The molecule has 0 saturated carbocycles. The van der Waals surface area contributed by atoms with E-state index in [2.05, 4.69) is 27.2 Å². The van der Waals surface area contributed by atoms with Gasteiger partial charge in [0.15, 0.2) is 5.65 Å². The number of fused-ring (bicyclic) bond motifs is 4. The molecular weight excluding hydrogens is 471 g/mol. The molecule has 1 amide bonds. The fourth-order valence-electron chi connectivity index (χ4n) is 5.31. The highest BCUT2D eigenvalue weighted by Crippen LogP contribution is 2.35. The quantitative estimate of drug-likeness (QED) is 0.320. The Morgan fingerprint density at radius 2 is 2.05 bits per heavy atom. The van der Waals surface area contributed by atoms with Crippen LogP contribution in [-0.4, -0.2) is 42.0 Å². The number of aromatic amines is 1. The predicted molar refractivity (Wildman–Crippen MR) is 138 cm³/mol. The minimum atomic E-state index is -1.26. The van der Waals surface area contributed by atoms with Crippen LogP contribution in [0, 0.1) is 5.82 Å². The largest absolute Gasteiger partial charge is 0.375 e. The highest BCUT2D eigenvalue weighted by Gasteiger charge is 2.32. The number of benzene rings is 2. The van der Waals surface area contributed by atoms with Gasteiger partial charge in [-0.05, 0) is 55.2 Å². The molecule has 3 aromatic heterocycles. The zero-order chi connectivity index (χ0) is 25.8.